The highest BCUT2D eigenvalue weighted by molar-refractivity contribution is 5.97. The third-order valence-corrected chi connectivity index (χ3v) is 4.99. The molecule has 1 N–H and O–H groups in total. The molecule has 2 aliphatic rings. The first-order chi connectivity index (χ1) is 12.7. The number of quaternary nitrogens is 1. The van der Waals surface area contributed by atoms with Gasteiger partial charge < -0.3 is 24.0 Å². The molecule has 136 valence electrons. The Bertz CT molecular complexity index is 800. The Labute approximate surface area is 152 Å². The van der Waals surface area contributed by atoms with Gasteiger partial charge in [-0.05, 0) is 30.3 Å². The minimum Gasteiger partial charge on any atom is -0.496 e. The second kappa shape index (κ2) is 7.25. The Kier molecular flexibility index (Phi) is 4.67. The van der Waals surface area contributed by atoms with Crippen LogP contribution in [0, 0.1) is 0 Å². The average Bonchev–Trinajstić information content (AvgIpc) is 3.16. The summed E-state index contributed by atoms with van der Waals surface area (Å²) in [5.41, 5.74) is 1.86. The molecule has 0 radical (unpaired) electrons. The molecular formula is C20H23N2O4+. The third-order valence-electron chi connectivity index (χ3n) is 4.99. The fourth-order valence-corrected chi connectivity index (χ4v) is 3.53. The van der Waals surface area contributed by atoms with E-state index in [1.807, 2.05) is 35.2 Å². The van der Waals surface area contributed by atoms with E-state index in [0.717, 1.165) is 44.2 Å². The lowest BCUT2D eigenvalue weighted by Crippen LogP contribution is -3.13. The number of amides is 1. The van der Waals surface area contributed by atoms with Crippen LogP contribution in [0.4, 0.5) is 0 Å². The van der Waals surface area contributed by atoms with Gasteiger partial charge in [-0.25, -0.2) is 0 Å². The molecule has 1 amide bonds. The molecule has 4 rings (SSSR count). The predicted molar refractivity (Wildman–Crippen MR) is 95.9 cm³/mol. The summed E-state index contributed by atoms with van der Waals surface area (Å²) in [5, 5.41) is 0. The van der Waals surface area contributed by atoms with Crippen LogP contribution < -0.4 is 19.1 Å². The number of methoxy groups -OCH3 is 1. The largest absolute Gasteiger partial charge is 0.496 e. The van der Waals surface area contributed by atoms with Gasteiger partial charge in [-0.15, -0.1) is 0 Å². The number of piperazine rings is 1. The van der Waals surface area contributed by atoms with Crippen molar-refractivity contribution in [2.45, 2.75) is 6.54 Å². The summed E-state index contributed by atoms with van der Waals surface area (Å²) < 4.78 is 16.1. The van der Waals surface area contributed by atoms with Crippen LogP contribution in [-0.2, 0) is 6.54 Å². The van der Waals surface area contributed by atoms with Gasteiger partial charge in [0, 0.05) is 5.56 Å². The van der Waals surface area contributed by atoms with E-state index >= 15 is 0 Å². The van der Waals surface area contributed by atoms with Gasteiger partial charge in [0.05, 0.1) is 38.9 Å². The average molecular weight is 355 g/mol. The van der Waals surface area contributed by atoms with Crippen LogP contribution in [0.15, 0.2) is 42.5 Å². The van der Waals surface area contributed by atoms with Crippen molar-refractivity contribution in [3.05, 3.63) is 53.6 Å². The van der Waals surface area contributed by atoms with Crippen molar-refractivity contribution in [3.63, 3.8) is 0 Å². The maximum atomic E-state index is 12.8. The fourth-order valence-electron chi connectivity index (χ4n) is 3.53. The molecule has 0 aromatic heterocycles. The molecular weight excluding hydrogens is 332 g/mol. The van der Waals surface area contributed by atoms with E-state index in [4.69, 9.17) is 14.2 Å². The number of benzene rings is 2. The van der Waals surface area contributed by atoms with E-state index in [1.54, 1.807) is 7.11 Å². The molecule has 0 atom stereocenters. The van der Waals surface area contributed by atoms with E-state index < -0.39 is 0 Å². The minimum absolute atomic E-state index is 0.0459. The molecule has 2 aromatic rings. The van der Waals surface area contributed by atoms with E-state index in [9.17, 15) is 4.79 Å². The van der Waals surface area contributed by atoms with Crippen molar-refractivity contribution in [3.8, 4) is 17.2 Å². The van der Waals surface area contributed by atoms with Crippen molar-refractivity contribution in [2.75, 3.05) is 40.1 Å². The summed E-state index contributed by atoms with van der Waals surface area (Å²) in [6.45, 7) is 4.57. The zero-order valence-corrected chi connectivity index (χ0v) is 14.9. The zero-order chi connectivity index (χ0) is 17.9. The summed E-state index contributed by atoms with van der Waals surface area (Å²) in [6.07, 6.45) is 0. The standard InChI is InChI=1S/C20H22N2O4/c1-24-17-5-3-2-4-16(17)20(23)22-10-8-21(9-11-22)13-15-6-7-18-19(12-15)26-14-25-18/h2-7,12H,8-11,13-14H2,1H3/p+1. The predicted octanol–water partition coefficient (Wildman–Crippen LogP) is 0.965. The van der Waals surface area contributed by atoms with Crippen LogP contribution in [0.1, 0.15) is 15.9 Å². The van der Waals surface area contributed by atoms with E-state index in [-0.39, 0.29) is 5.91 Å². The molecule has 1 saturated heterocycles. The molecule has 2 aromatic carbocycles. The number of para-hydroxylation sites is 1. The maximum Gasteiger partial charge on any atom is 0.258 e. The van der Waals surface area contributed by atoms with E-state index in [1.165, 1.54) is 10.5 Å². The van der Waals surface area contributed by atoms with Crippen LogP contribution in [0.5, 0.6) is 17.2 Å². The lowest BCUT2D eigenvalue weighted by molar-refractivity contribution is -0.917. The SMILES string of the molecule is COc1ccccc1C(=O)N1CC[NH+](Cc2ccc3c(c2)OCO3)CC1. The normalized spacial score (nSPS) is 16.6. The first-order valence-corrected chi connectivity index (χ1v) is 8.89. The van der Waals surface area contributed by atoms with Crippen LogP contribution in [0.3, 0.4) is 0 Å². The molecule has 6 nitrogen and oxygen atoms in total. The number of fused-ring (bicyclic) bond motifs is 1. The highest BCUT2D eigenvalue weighted by atomic mass is 16.7. The number of nitrogens with zero attached hydrogens (tertiary/aromatic N) is 1. The quantitative estimate of drug-likeness (QED) is 0.888. The Morgan fingerprint density at radius 3 is 2.69 bits per heavy atom. The molecule has 0 spiro atoms. The Balaban J connectivity index is 1.36. The molecule has 0 unspecified atom stereocenters. The van der Waals surface area contributed by atoms with E-state index in [0.29, 0.717) is 18.1 Å². The fraction of sp³-hybridized carbons (Fsp3) is 0.350. The minimum atomic E-state index is 0.0459. The van der Waals surface area contributed by atoms with Crippen molar-refractivity contribution in [2.24, 2.45) is 0 Å². The second-order valence-corrected chi connectivity index (χ2v) is 6.61. The third kappa shape index (κ3) is 3.32. The molecule has 0 bridgehead atoms. The summed E-state index contributed by atoms with van der Waals surface area (Å²) in [6, 6.07) is 13.5. The Morgan fingerprint density at radius 1 is 1.12 bits per heavy atom. The van der Waals surface area contributed by atoms with Crippen molar-refractivity contribution < 1.29 is 23.9 Å². The summed E-state index contributed by atoms with van der Waals surface area (Å²) in [7, 11) is 1.60. The van der Waals surface area contributed by atoms with Crippen LogP contribution >= 0.6 is 0 Å². The monoisotopic (exact) mass is 355 g/mol. The maximum absolute atomic E-state index is 12.8. The molecule has 2 heterocycles. The smallest absolute Gasteiger partial charge is 0.258 e. The molecule has 26 heavy (non-hydrogen) atoms. The summed E-state index contributed by atoms with van der Waals surface area (Å²) in [4.78, 5) is 16.2. The number of nitrogens with one attached hydrogen (secondary N) is 1. The van der Waals surface area contributed by atoms with Crippen LogP contribution in [0.2, 0.25) is 0 Å². The van der Waals surface area contributed by atoms with Crippen LogP contribution in [0.25, 0.3) is 0 Å². The van der Waals surface area contributed by atoms with Crippen molar-refractivity contribution >= 4 is 5.91 Å². The summed E-state index contributed by atoms with van der Waals surface area (Å²) >= 11 is 0. The van der Waals surface area contributed by atoms with Gasteiger partial charge in [0.25, 0.3) is 5.91 Å². The highest BCUT2D eigenvalue weighted by Gasteiger charge is 2.26. The number of rotatable bonds is 4. The molecule has 1 fully saturated rings. The van der Waals surface area contributed by atoms with Gasteiger partial charge in [0.15, 0.2) is 11.5 Å². The Morgan fingerprint density at radius 2 is 1.88 bits per heavy atom. The van der Waals surface area contributed by atoms with Gasteiger partial charge in [-0.3, -0.25) is 4.79 Å². The first-order valence-electron chi connectivity index (χ1n) is 8.89. The molecule has 0 aliphatic carbocycles. The highest BCUT2D eigenvalue weighted by Crippen LogP contribution is 2.32. The Hall–Kier alpha value is -2.73. The zero-order valence-electron chi connectivity index (χ0n) is 14.9. The van der Waals surface area contributed by atoms with Gasteiger partial charge >= 0.3 is 0 Å². The van der Waals surface area contributed by atoms with Gasteiger partial charge in [-0.1, -0.05) is 12.1 Å². The number of ether oxygens (including phenoxy) is 3. The van der Waals surface area contributed by atoms with Crippen molar-refractivity contribution in [1.82, 2.24) is 4.90 Å². The van der Waals surface area contributed by atoms with E-state index in [2.05, 4.69) is 12.1 Å². The van der Waals surface area contributed by atoms with Crippen LogP contribution in [-0.4, -0.2) is 50.9 Å². The van der Waals surface area contributed by atoms with Gasteiger partial charge in [0.1, 0.15) is 12.3 Å². The topological polar surface area (TPSA) is 52.4 Å². The second-order valence-electron chi connectivity index (χ2n) is 6.61. The molecule has 0 saturated carbocycles. The first kappa shape index (κ1) is 16.7. The van der Waals surface area contributed by atoms with Gasteiger partial charge in [0.2, 0.25) is 6.79 Å². The lowest BCUT2D eigenvalue weighted by atomic mass is 10.1. The molecule has 2 aliphatic heterocycles. The van der Waals surface area contributed by atoms with Crippen molar-refractivity contribution in [1.29, 1.82) is 0 Å². The number of hydrogen-bond acceptors (Lipinski definition) is 4. The lowest BCUT2D eigenvalue weighted by Gasteiger charge is -2.32. The summed E-state index contributed by atoms with van der Waals surface area (Å²) in [5.74, 6) is 2.32. The number of carbonyl (C=O) groups excluding carboxylic acids is 1. The van der Waals surface area contributed by atoms with Gasteiger partial charge in [-0.2, -0.15) is 0 Å². The number of carbonyl (C=O) groups is 1. The molecule has 6 heteroatoms. The number of hydrogen-bond donors (Lipinski definition) is 1.